The van der Waals surface area contributed by atoms with Gasteiger partial charge in [-0.1, -0.05) is 43.1 Å². The molecule has 1 aromatic carbocycles. The molecule has 21 heavy (non-hydrogen) atoms. The maximum atomic E-state index is 12.5. The molecule has 6 heteroatoms. The van der Waals surface area contributed by atoms with Crippen LogP contribution in [0.2, 0.25) is 5.02 Å². The molecule has 1 aliphatic carbocycles. The molecule has 1 aliphatic rings. The van der Waals surface area contributed by atoms with Crippen LogP contribution in [0.5, 0.6) is 0 Å². The fraction of sp³-hybridized carbons (Fsp3) is 0.467. The van der Waals surface area contributed by atoms with E-state index in [4.69, 9.17) is 16.4 Å². The molecule has 4 nitrogen and oxygen atoms in total. The van der Waals surface area contributed by atoms with Crippen LogP contribution in [0.1, 0.15) is 44.6 Å². The Hall–Kier alpha value is -1.10. The number of halogens is 2. The van der Waals surface area contributed by atoms with Gasteiger partial charge >= 0.3 is 5.97 Å². The van der Waals surface area contributed by atoms with Gasteiger partial charge in [-0.3, -0.25) is 9.59 Å². The molecule has 1 fully saturated rings. The van der Waals surface area contributed by atoms with Crippen LogP contribution in [0.15, 0.2) is 24.3 Å². The number of carbonyl (C=O) groups is 2. The predicted octanol–water partition coefficient (Wildman–Crippen LogP) is 3.56. The van der Waals surface area contributed by atoms with Crippen molar-refractivity contribution in [2.24, 2.45) is 0 Å². The van der Waals surface area contributed by atoms with Gasteiger partial charge in [0.1, 0.15) is 5.54 Å². The molecule has 0 amide bonds. The first-order valence-corrected chi connectivity index (χ1v) is 7.23. The molecule has 1 N–H and O–H groups in total. The van der Waals surface area contributed by atoms with Gasteiger partial charge in [-0.25, -0.2) is 0 Å². The average Bonchev–Trinajstić information content (AvgIpc) is 2.47. The lowest BCUT2D eigenvalue weighted by Crippen LogP contribution is -2.51. The van der Waals surface area contributed by atoms with Crippen molar-refractivity contribution in [1.82, 2.24) is 5.48 Å². The number of hydrogen-bond acceptors (Lipinski definition) is 4. The Bertz CT molecular complexity index is 521. The van der Waals surface area contributed by atoms with Crippen LogP contribution in [-0.4, -0.2) is 11.8 Å². The lowest BCUT2D eigenvalue weighted by atomic mass is 9.76. The van der Waals surface area contributed by atoms with Gasteiger partial charge in [0.25, 0.3) is 0 Å². The van der Waals surface area contributed by atoms with Crippen LogP contribution in [0.4, 0.5) is 0 Å². The SMILES string of the molecule is CCC(=O)ONC1(c2ccccc2Cl)CCCCC1=O.Cl. The minimum absolute atomic E-state index is 0. The molecular weight excluding hydrogens is 313 g/mol. The van der Waals surface area contributed by atoms with E-state index in [-0.39, 0.29) is 24.6 Å². The van der Waals surface area contributed by atoms with Crippen LogP contribution in [0, 0.1) is 0 Å². The standard InChI is InChI=1S/C15H18ClNO3.ClH/c1-2-14(19)20-17-15(10-6-5-9-13(15)18)11-7-3-4-8-12(11)16;/h3-4,7-8,17H,2,5-6,9-10H2,1H3;1H. The van der Waals surface area contributed by atoms with E-state index in [1.165, 1.54) is 0 Å². The fourth-order valence-electron chi connectivity index (χ4n) is 2.50. The Morgan fingerprint density at radius 2 is 2.10 bits per heavy atom. The fourth-order valence-corrected chi connectivity index (χ4v) is 2.80. The Morgan fingerprint density at radius 1 is 1.38 bits per heavy atom. The van der Waals surface area contributed by atoms with E-state index in [2.05, 4.69) is 5.48 Å². The third kappa shape index (κ3) is 3.76. The minimum Gasteiger partial charge on any atom is -0.369 e. The van der Waals surface area contributed by atoms with E-state index in [0.717, 1.165) is 12.8 Å². The van der Waals surface area contributed by atoms with Crippen LogP contribution in [-0.2, 0) is 20.0 Å². The van der Waals surface area contributed by atoms with Crippen molar-refractivity contribution in [2.45, 2.75) is 44.6 Å². The van der Waals surface area contributed by atoms with Crippen molar-refractivity contribution in [3.05, 3.63) is 34.9 Å². The Morgan fingerprint density at radius 3 is 2.71 bits per heavy atom. The summed E-state index contributed by atoms with van der Waals surface area (Å²) < 4.78 is 0. The number of nitrogens with one attached hydrogen (secondary N) is 1. The number of carbonyl (C=O) groups excluding carboxylic acids is 2. The van der Waals surface area contributed by atoms with E-state index in [0.29, 0.717) is 23.4 Å². The second kappa shape index (κ2) is 7.78. The number of rotatable bonds is 4. The predicted molar refractivity (Wildman–Crippen MR) is 83.4 cm³/mol. The molecule has 0 bridgehead atoms. The summed E-state index contributed by atoms with van der Waals surface area (Å²) in [6.45, 7) is 1.70. The van der Waals surface area contributed by atoms with Crippen molar-refractivity contribution in [3.8, 4) is 0 Å². The molecule has 1 aromatic rings. The second-order valence-corrected chi connectivity index (χ2v) is 5.35. The largest absolute Gasteiger partial charge is 0.369 e. The van der Waals surface area contributed by atoms with Crippen LogP contribution >= 0.6 is 24.0 Å². The summed E-state index contributed by atoms with van der Waals surface area (Å²) in [5, 5.41) is 0.503. The normalized spacial score (nSPS) is 21.5. The van der Waals surface area contributed by atoms with Crippen molar-refractivity contribution < 1.29 is 14.4 Å². The summed E-state index contributed by atoms with van der Waals surface area (Å²) >= 11 is 6.23. The summed E-state index contributed by atoms with van der Waals surface area (Å²) in [5.74, 6) is -0.379. The number of ketones is 1. The first-order valence-electron chi connectivity index (χ1n) is 6.85. The van der Waals surface area contributed by atoms with E-state index >= 15 is 0 Å². The highest BCUT2D eigenvalue weighted by molar-refractivity contribution is 6.31. The first kappa shape index (κ1) is 18.0. The van der Waals surface area contributed by atoms with Crippen LogP contribution in [0.3, 0.4) is 0 Å². The van der Waals surface area contributed by atoms with E-state index in [1.807, 2.05) is 12.1 Å². The molecule has 0 radical (unpaired) electrons. The number of hydroxylamine groups is 1. The van der Waals surface area contributed by atoms with Crippen molar-refractivity contribution >= 4 is 35.8 Å². The van der Waals surface area contributed by atoms with Gasteiger partial charge < -0.3 is 4.84 Å². The van der Waals surface area contributed by atoms with Gasteiger partial charge in [0, 0.05) is 23.4 Å². The molecule has 0 saturated heterocycles. The van der Waals surface area contributed by atoms with E-state index in [1.54, 1.807) is 19.1 Å². The monoisotopic (exact) mass is 331 g/mol. The molecule has 2 rings (SSSR count). The lowest BCUT2D eigenvalue weighted by molar-refractivity contribution is -0.160. The quantitative estimate of drug-likeness (QED) is 0.857. The minimum atomic E-state index is -1.01. The van der Waals surface area contributed by atoms with Crippen LogP contribution in [0.25, 0.3) is 0 Å². The van der Waals surface area contributed by atoms with Gasteiger partial charge in [0.05, 0.1) is 0 Å². The number of benzene rings is 1. The molecule has 1 atom stereocenters. The maximum Gasteiger partial charge on any atom is 0.324 e. The molecular formula is C15H19Cl2NO3. The zero-order chi connectivity index (χ0) is 14.6. The third-order valence-corrected chi connectivity index (χ3v) is 3.97. The Balaban J connectivity index is 0.00000220. The van der Waals surface area contributed by atoms with Gasteiger partial charge in [-0.05, 0) is 18.9 Å². The van der Waals surface area contributed by atoms with Gasteiger partial charge in [-0.15, -0.1) is 17.9 Å². The van der Waals surface area contributed by atoms with Gasteiger partial charge in [0.2, 0.25) is 0 Å². The summed E-state index contributed by atoms with van der Waals surface area (Å²) in [5.41, 5.74) is 2.37. The zero-order valence-corrected chi connectivity index (χ0v) is 13.4. The number of Topliss-reactive ketones (excluding diaryl/α,β-unsaturated/α-hetero) is 1. The van der Waals surface area contributed by atoms with Crippen molar-refractivity contribution in [3.63, 3.8) is 0 Å². The highest BCUT2D eigenvalue weighted by Crippen LogP contribution is 2.38. The summed E-state index contributed by atoms with van der Waals surface area (Å²) in [4.78, 5) is 28.9. The second-order valence-electron chi connectivity index (χ2n) is 4.95. The highest BCUT2D eigenvalue weighted by atomic mass is 35.5. The Kier molecular flexibility index (Phi) is 6.65. The average molecular weight is 332 g/mol. The topological polar surface area (TPSA) is 55.4 Å². The molecule has 116 valence electrons. The Labute approximate surface area is 135 Å². The zero-order valence-electron chi connectivity index (χ0n) is 11.9. The smallest absolute Gasteiger partial charge is 0.324 e. The summed E-state index contributed by atoms with van der Waals surface area (Å²) in [6.07, 6.45) is 3.02. The van der Waals surface area contributed by atoms with Crippen molar-refractivity contribution in [1.29, 1.82) is 0 Å². The van der Waals surface area contributed by atoms with E-state index in [9.17, 15) is 9.59 Å². The number of hydrogen-bond donors (Lipinski definition) is 1. The first-order chi connectivity index (χ1) is 9.60. The van der Waals surface area contributed by atoms with Gasteiger partial charge in [0.15, 0.2) is 5.78 Å². The lowest BCUT2D eigenvalue weighted by Gasteiger charge is -2.36. The maximum absolute atomic E-state index is 12.5. The van der Waals surface area contributed by atoms with E-state index < -0.39 is 11.5 Å². The molecule has 0 heterocycles. The third-order valence-electron chi connectivity index (χ3n) is 3.64. The summed E-state index contributed by atoms with van der Waals surface area (Å²) in [6, 6.07) is 7.18. The van der Waals surface area contributed by atoms with Crippen LogP contribution < -0.4 is 5.48 Å². The molecule has 0 aromatic heterocycles. The molecule has 1 saturated carbocycles. The molecule has 0 spiro atoms. The molecule has 0 aliphatic heterocycles. The molecule has 1 unspecified atom stereocenters. The van der Waals surface area contributed by atoms with Crippen molar-refractivity contribution in [2.75, 3.05) is 0 Å². The van der Waals surface area contributed by atoms with Gasteiger partial charge in [-0.2, -0.15) is 0 Å². The highest BCUT2D eigenvalue weighted by Gasteiger charge is 2.44. The summed E-state index contributed by atoms with van der Waals surface area (Å²) in [7, 11) is 0.